The summed E-state index contributed by atoms with van der Waals surface area (Å²) in [6.45, 7) is 2.99. The molecule has 0 rings (SSSR count). The van der Waals surface area contributed by atoms with Crippen LogP contribution in [0.1, 0.15) is 135 Å². The van der Waals surface area contributed by atoms with Crippen LogP contribution in [0.4, 0.5) is 0 Å². The lowest BCUT2D eigenvalue weighted by Gasteiger charge is -2.26. The van der Waals surface area contributed by atoms with Crippen LogP contribution in [0, 0.1) is 0 Å². The topological polar surface area (TPSA) is 46.5 Å². The molecule has 4 nitrogen and oxygen atoms in total. The predicted octanol–water partition coefficient (Wildman–Crippen LogP) is 4.42. The quantitative estimate of drug-likeness (QED) is 0.123. The zero-order chi connectivity index (χ0) is 23.9. The number of unbranched alkanes of at least 4 members (excludes halogenated alkanes) is 18. The number of ether oxygens (including phenoxy) is 1. The van der Waals surface area contributed by atoms with Crippen molar-refractivity contribution in [1.82, 2.24) is 0 Å². The first-order valence-electron chi connectivity index (χ1n) is 14.0. The zero-order valence-corrected chi connectivity index (χ0v) is 23.5. The third-order valence-electron chi connectivity index (χ3n) is 6.18. The van der Waals surface area contributed by atoms with Gasteiger partial charge in [-0.05, 0) is 6.42 Å². The SMILES string of the molecule is CCCCCCCCCCCCCCCCCCCCCC(=O)OCC(O)C[N+](C)(C)C.[Cl-]. The first-order valence-corrected chi connectivity index (χ1v) is 14.0. The van der Waals surface area contributed by atoms with Crippen molar-refractivity contribution in [2.24, 2.45) is 0 Å². The largest absolute Gasteiger partial charge is 1.00 e. The lowest BCUT2D eigenvalue weighted by Crippen LogP contribution is -3.00. The first kappa shape index (κ1) is 34.8. The van der Waals surface area contributed by atoms with Gasteiger partial charge in [0.1, 0.15) is 19.3 Å². The van der Waals surface area contributed by atoms with Gasteiger partial charge in [0.25, 0.3) is 0 Å². The Morgan fingerprint density at radius 3 is 1.33 bits per heavy atom. The average Bonchev–Trinajstić information content (AvgIpc) is 2.72. The molecule has 0 aromatic carbocycles. The van der Waals surface area contributed by atoms with Crippen molar-refractivity contribution >= 4 is 5.97 Å². The van der Waals surface area contributed by atoms with Gasteiger partial charge in [-0.1, -0.05) is 122 Å². The van der Waals surface area contributed by atoms with Crippen LogP contribution in [0.5, 0.6) is 0 Å². The van der Waals surface area contributed by atoms with E-state index in [0.29, 0.717) is 17.4 Å². The lowest BCUT2D eigenvalue weighted by atomic mass is 10.0. The third-order valence-corrected chi connectivity index (χ3v) is 6.18. The Morgan fingerprint density at radius 2 is 1.00 bits per heavy atom. The molecule has 0 radical (unpaired) electrons. The summed E-state index contributed by atoms with van der Waals surface area (Å²) in [4.78, 5) is 11.8. The highest BCUT2D eigenvalue weighted by molar-refractivity contribution is 5.69. The molecule has 0 aromatic rings. The number of hydrogen-bond acceptors (Lipinski definition) is 3. The van der Waals surface area contributed by atoms with Crippen LogP contribution < -0.4 is 12.4 Å². The number of carbonyl (C=O) groups excluding carboxylic acids is 1. The van der Waals surface area contributed by atoms with Gasteiger partial charge < -0.3 is 26.7 Å². The van der Waals surface area contributed by atoms with E-state index >= 15 is 0 Å². The molecule has 0 aliphatic rings. The van der Waals surface area contributed by atoms with E-state index in [0.717, 1.165) is 12.8 Å². The Hall–Kier alpha value is -0.320. The zero-order valence-electron chi connectivity index (χ0n) is 22.7. The maximum atomic E-state index is 11.8. The van der Waals surface area contributed by atoms with Crippen molar-refractivity contribution < 1.29 is 31.5 Å². The average molecular weight is 492 g/mol. The summed E-state index contributed by atoms with van der Waals surface area (Å²) in [5.74, 6) is -0.169. The molecule has 0 saturated carbocycles. The van der Waals surface area contributed by atoms with Crippen molar-refractivity contribution in [3.8, 4) is 0 Å². The van der Waals surface area contributed by atoms with E-state index in [4.69, 9.17) is 4.74 Å². The molecule has 0 bridgehead atoms. The maximum absolute atomic E-state index is 11.8. The van der Waals surface area contributed by atoms with Crippen molar-refractivity contribution in [3.05, 3.63) is 0 Å². The van der Waals surface area contributed by atoms with Crippen LogP contribution in [0.25, 0.3) is 0 Å². The van der Waals surface area contributed by atoms with Gasteiger partial charge in [-0.15, -0.1) is 0 Å². The van der Waals surface area contributed by atoms with Gasteiger partial charge in [-0.2, -0.15) is 0 Å². The molecule has 0 amide bonds. The first-order chi connectivity index (χ1) is 15.3. The van der Waals surface area contributed by atoms with Gasteiger partial charge in [0.15, 0.2) is 0 Å². The number of quaternary nitrogens is 1. The molecule has 200 valence electrons. The van der Waals surface area contributed by atoms with Gasteiger partial charge in [0.05, 0.1) is 21.1 Å². The second-order valence-corrected chi connectivity index (χ2v) is 10.9. The number of rotatable bonds is 24. The fourth-order valence-corrected chi connectivity index (χ4v) is 4.29. The van der Waals surface area contributed by atoms with Gasteiger partial charge in [0.2, 0.25) is 0 Å². The predicted molar refractivity (Wildman–Crippen MR) is 138 cm³/mol. The number of aliphatic hydroxyl groups is 1. The summed E-state index contributed by atoms with van der Waals surface area (Å²) in [5.41, 5.74) is 0. The number of halogens is 1. The van der Waals surface area contributed by atoms with Gasteiger partial charge in [0, 0.05) is 6.42 Å². The number of nitrogens with zero attached hydrogens (tertiary/aromatic N) is 1. The van der Waals surface area contributed by atoms with Gasteiger partial charge in [-0.3, -0.25) is 4.79 Å². The Morgan fingerprint density at radius 1 is 0.667 bits per heavy atom. The van der Waals surface area contributed by atoms with Crippen LogP contribution in [0.3, 0.4) is 0 Å². The molecule has 1 unspecified atom stereocenters. The molecule has 0 heterocycles. The molecule has 0 aromatic heterocycles. The molecular formula is C28H58ClNO3. The maximum Gasteiger partial charge on any atom is 0.305 e. The van der Waals surface area contributed by atoms with E-state index < -0.39 is 6.10 Å². The van der Waals surface area contributed by atoms with Crippen molar-refractivity contribution in [2.75, 3.05) is 34.3 Å². The molecule has 0 saturated heterocycles. The van der Waals surface area contributed by atoms with Crippen LogP contribution >= 0.6 is 0 Å². The molecular weight excluding hydrogens is 434 g/mol. The Labute approximate surface area is 213 Å². The Bertz CT molecular complexity index is 412. The molecule has 5 heteroatoms. The molecule has 1 atom stereocenters. The normalized spacial score (nSPS) is 12.4. The summed E-state index contributed by atoms with van der Waals surface area (Å²) in [5, 5.41) is 9.88. The summed E-state index contributed by atoms with van der Waals surface area (Å²) in [7, 11) is 6.05. The van der Waals surface area contributed by atoms with Gasteiger partial charge in [-0.25, -0.2) is 0 Å². The van der Waals surface area contributed by atoms with Crippen LogP contribution in [-0.2, 0) is 9.53 Å². The Kier molecular flexibility index (Phi) is 26.2. The minimum Gasteiger partial charge on any atom is -1.00 e. The summed E-state index contributed by atoms with van der Waals surface area (Å²) in [6, 6.07) is 0. The number of likely N-dealkylation sites (N-methyl/N-ethyl adjacent to an activating group) is 1. The van der Waals surface area contributed by atoms with Crippen LogP contribution in [0.2, 0.25) is 0 Å². The number of esters is 1. The minimum atomic E-state index is -0.580. The van der Waals surface area contributed by atoms with Crippen molar-refractivity contribution in [2.45, 2.75) is 141 Å². The molecule has 33 heavy (non-hydrogen) atoms. The van der Waals surface area contributed by atoms with E-state index in [1.165, 1.54) is 109 Å². The van der Waals surface area contributed by atoms with E-state index in [1.807, 2.05) is 21.1 Å². The fraction of sp³-hybridized carbons (Fsp3) is 0.964. The fourth-order valence-electron chi connectivity index (χ4n) is 4.29. The van der Waals surface area contributed by atoms with E-state index in [1.54, 1.807) is 0 Å². The number of hydrogen-bond donors (Lipinski definition) is 1. The second-order valence-electron chi connectivity index (χ2n) is 10.9. The standard InChI is InChI=1S/C28H58NO3.ClH/c1-5-6-7-8-9-10-11-12-13-14-15-16-17-18-19-20-21-22-23-24-28(31)32-26-27(30)25-29(2,3)4;/h27,30H,5-26H2,1-4H3;1H/q+1;/p-1. The summed E-state index contributed by atoms with van der Waals surface area (Å²) >= 11 is 0. The number of carbonyl (C=O) groups is 1. The third kappa shape index (κ3) is 29.6. The van der Waals surface area contributed by atoms with Crippen LogP contribution in [0.15, 0.2) is 0 Å². The summed E-state index contributed by atoms with van der Waals surface area (Å²) in [6.07, 6.45) is 25.6. The molecule has 0 aliphatic carbocycles. The second kappa shape index (κ2) is 24.8. The molecule has 0 spiro atoms. The van der Waals surface area contributed by atoms with Gasteiger partial charge >= 0.3 is 5.97 Å². The molecule has 0 aliphatic heterocycles. The molecule has 0 fully saturated rings. The highest BCUT2D eigenvalue weighted by atomic mass is 35.5. The highest BCUT2D eigenvalue weighted by Gasteiger charge is 2.17. The van der Waals surface area contributed by atoms with Crippen molar-refractivity contribution in [3.63, 3.8) is 0 Å². The monoisotopic (exact) mass is 491 g/mol. The van der Waals surface area contributed by atoms with E-state index in [2.05, 4.69) is 6.92 Å². The van der Waals surface area contributed by atoms with Crippen LogP contribution in [-0.4, -0.2) is 56.0 Å². The van der Waals surface area contributed by atoms with E-state index in [-0.39, 0.29) is 25.0 Å². The minimum absolute atomic E-state index is 0. The number of aliphatic hydroxyl groups excluding tert-OH is 1. The smallest absolute Gasteiger partial charge is 0.305 e. The van der Waals surface area contributed by atoms with E-state index in [9.17, 15) is 9.90 Å². The lowest BCUT2D eigenvalue weighted by molar-refractivity contribution is -0.873. The summed E-state index contributed by atoms with van der Waals surface area (Å²) < 4.78 is 5.85. The van der Waals surface area contributed by atoms with Crippen molar-refractivity contribution in [1.29, 1.82) is 0 Å². The Balaban J connectivity index is 0. The molecule has 1 N–H and O–H groups in total. The highest BCUT2D eigenvalue weighted by Crippen LogP contribution is 2.15.